The molecule has 3 rings (SSSR count). The minimum atomic E-state index is 0.0667. The van der Waals surface area contributed by atoms with Gasteiger partial charge in [0.25, 0.3) is 0 Å². The monoisotopic (exact) mass is 463 g/mol. The second-order valence-electron chi connectivity index (χ2n) is 8.72. The van der Waals surface area contributed by atoms with E-state index in [9.17, 15) is 0 Å². The van der Waals surface area contributed by atoms with E-state index in [1.807, 2.05) is 36.5 Å². The minimum Gasteiger partial charge on any atom is -0.497 e. The highest BCUT2D eigenvalue weighted by Gasteiger charge is 2.18. The van der Waals surface area contributed by atoms with Crippen molar-refractivity contribution >= 4 is 23.5 Å². The molecule has 0 atom stereocenters. The van der Waals surface area contributed by atoms with E-state index in [-0.39, 0.29) is 4.75 Å². The van der Waals surface area contributed by atoms with Gasteiger partial charge in [-0.05, 0) is 80.2 Å². The van der Waals surface area contributed by atoms with Gasteiger partial charge in [-0.3, -0.25) is 0 Å². The number of rotatable bonds is 10. The second kappa shape index (κ2) is 11.1. The molecule has 1 N–H and O–H groups in total. The number of anilines is 1. The van der Waals surface area contributed by atoms with Crippen LogP contribution in [0.15, 0.2) is 73.4 Å². The van der Waals surface area contributed by atoms with E-state index in [4.69, 9.17) is 14.5 Å². The first-order valence-electron chi connectivity index (χ1n) is 10.9. The Kier molecular flexibility index (Phi) is 8.28. The molecular formula is C27H33N3O2S. The van der Waals surface area contributed by atoms with Crippen molar-refractivity contribution in [3.63, 3.8) is 0 Å². The third-order valence-corrected chi connectivity index (χ3v) is 5.92. The Morgan fingerprint density at radius 2 is 1.42 bits per heavy atom. The number of hydrogen-bond donors (Lipinski definition) is 1. The molecule has 1 heterocycles. The van der Waals surface area contributed by atoms with Gasteiger partial charge in [0.05, 0.1) is 14.2 Å². The molecule has 0 fully saturated rings. The molecule has 6 heteroatoms. The Morgan fingerprint density at radius 3 is 1.88 bits per heavy atom. The molecule has 0 aliphatic rings. The second-order valence-corrected chi connectivity index (χ2v) is 10.4. The molecule has 0 aliphatic carbocycles. The zero-order chi connectivity index (χ0) is 23.8. The summed E-state index contributed by atoms with van der Waals surface area (Å²) >= 11 is 1.65. The fraction of sp³-hybridized carbons (Fsp3) is 0.296. The predicted octanol–water partition coefficient (Wildman–Crippen LogP) is 6.31. The summed E-state index contributed by atoms with van der Waals surface area (Å²) in [4.78, 5) is 7.04. The first-order valence-corrected chi connectivity index (χ1v) is 11.7. The van der Waals surface area contributed by atoms with Gasteiger partial charge in [0.15, 0.2) is 0 Å². The number of aromatic nitrogens is 1. The molecule has 0 saturated heterocycles. The van der Waals surface area contributed by atoms with Gasteiger partial charge in [-0.1, -0.05) is 30.8 Å². The number of benzene rings is 2. The lowest BCUT2D eigenvalue weighted by Gasteiger charge is -2.28. The topological polar surface area (TPSA) is 46.6 Å². The Hall–Kier alpha value is -3.12. The Bertz CT molecular complexity index is 995. The molecule has 33 heavy (non-hydrogen) atoms. The Labute approximate surface area is 202 Å². The van der Waals surface area contributed by atoms with Gasteiger partial charge in [0.2, 0.25) is 0 Å². The smallest absolute Gasteiger partial charge is 0.138 e. The van der Waals surface area contributed by atoms with E-state index < -0.39 is 0 Å². The molecule has 0 aliphatic heterocycles. The molecular weight excluding hydrogens is 430 g/mol. The maximum Gasteiger partial charge on any atom is 0.138 e. The first-order chi connectivity index (χ1) is 15.8. The van der Waals surface area contributed by atoms with Crippen molar-refractivity contribution in [2.75, 3.05) is 19.1 Å². The molecule has 0 radical (unpaired) electrons. The molecule has 0 spiro atoms. The summed E-state index contributed by atoms with van der Waals surface area (Å²) in [6.07, 6.45) is 1.83. The average molecular weight is 464 g/mol. The van der Waals surface area contributed by atoms with Crippen LogP contribution in [0.25, 0.3) is 5.70 Å². The lowest BCUT2D eigenvalue weighted by atomic mass is 10.1. The van der Waals surface area contributed by atoms with E-state index >= 15 is 0 Å². The van der Waals surface area contributed by atoms with Crippen LogP contribution >= 0.6 is 11.9 Å². The molecule has 3 aromatic rings. The summed E-state index contributed by atoms with van der Waals surface area (Å²) in [5.74, 6) is 2.57. The SMILES string of the molecule is C=C(NSC(C)(C)C)c1cccnc1N(Cc1ccc(OC)cc1)Cc1ccc(OC)cc1. The maximum atomic E-state index is 5.32. The van der Waals surface area contributed by atoms with Crippen LogP contribution in [0, 0.1) is 0 Å². The highest BCUT2D eigenvalue weighted by Crippen LogP contribution is 2.30. The van der Waals surface area contributed by atoms with Crippen LogP contribution in [0.5, 0.6) is 11.5 Å². The molecule has 0 bridgehead atoms. The van der Waals surface area contributed by atoms with E-state index in [2.05, 4.69) is 67.3 Å². The van der Waals surface area contributed by atoms with Crippen LogP contribution in [0.4, 0.5) is 5.82 Å². The average Bonchev–Trinajstić information content (AvgIpc) is 2.82. The van der Waals surface area contributed by atoms with Gasteiger partial charge in [-0.15, -0.1) is 0 Å². The third-order valence-electron chi connectivity index (χ3n) is 4.96. The van der Waals surface area contributed by atoms with Crippen molar-refractivity contribution in [2.45, 2.75) is 38.6 Å². The van der Waals surface area contributed by atoms with Gasteiger partial charge >= 0.3 is 0 Å². The molecule has 5 nitrogen and oxygen atoms in total. The predicted molar refractivity (Wildman–Crippen MR) is 140 cm³/mol. The highest BCUT2D eigenvalue weighted by molar-refractivity contribution is 7.99. The van der Waals surface area contributed by atoms with Crippen LogP contribution in [-0.2, 0) is 13.1 Å². The number of hydrogen-bond acceptors (Lipinski definition) is 6. The van der Waals surface area contributed by atoms with Crippen LogP contribution in [0.2, 0.25) is 0 Å². The summed E-state index contributed by atoms with van der Waals surface area (Å²) in [5.41, 5.74) is 4.16. The van der Waals surface area contributed by atoms with Gasteiger partial charge in [0, 0.05) is 35.3 Å². The minimum absolute atomic E-state index is 0.0667. The van der Waals surface area contributed by atoms with E-state index in [0.29, 0.717) is 13.1 Å². The first kappa shape index (κ1) is 24.5. The van der Waals surface area contributed by atoms with Crippen molar-refractivity contribution < 1.29 is 9.47 Å². The molecule has 0 amide bonds. The van der Waals surface area contributed by atoms with Crippen LogP contribution < -0.4 is 19.1 Å². The lowest BCUT2D eigenvalue weighted by Crippen LogP contribution is -2.25. The van der Waals surface area contributed by atoms with Crippen molar-refractivity contribution in [3.8, 4) is 11.5 Å². The number of ether oxygens (including phenoxy) is 2. The van der Waals surface area contributed by atoms with Crippen LogP contribution in [0.3, 0.4) is 0 Å². The number of nitrogens with zero attached hydrogens (tertiary/aromatic N) is 2. The lowest BCUT2D eigenvalue weighted by molar-refractivity contribution is 0.414. The van der Waals surface area contributed by atoms with Gasteiger partial charge in [-0.25, -0.2) is 4.98 Å². The fourth-order valence-corrected chi connectivity index (χ4v) is 3.80. The van der Waals surface area contributed by atoms with Crippen LogP contribution in [-0.4, -0.2) is 24.0 Å². The Morgan fingerprint density at radius 1 is 0.909 bits per heavy atom. The molecule has 1 aromatic heterocycles. The third kappa shape index (κ3) is 7.19. The van der Waals surface area contributed by atoms with Gasteiger partial charge in [-0.2, -0.15) is 0 Å². The zero-order valence-corrected chi connectivity index (χ0v) is 20.9. The summed E-state index contributed by atoms with van der Waals surface area (Å²) in [7, 11) is 3.36. The normalized spacial score (nSPS) is 11.1. The molecule has 0 unspecified atom stereocenters. The Balaban J connectivity index is 1.92. The van der Waals surface area contributed by atoms with Crippen molar-refractivity contribution in [3.05, 3.63) is 90.1 Å². The molecule has 0 saturated carbocycles. The summed E-state index contributed by atoms with van der Waals surface area (Å²) in [5, 5.41) is 0. The van der Waals surface area contributed by atoms with E-state index in [1.165, 1.54) is 11.1 Å². The largest absolute Gasteiger partial charge is 0.497 e. The fourth-order valence-electron chi connectivity index (χ4n) is 3.26. The molecule has 174 valence electrons. The van der Waals surface area contributed by atoms with Crippen molar-refractivity contribution in [1.29, 1.82) is 0 Å². The van der Waals surface area contributed by atoms with Crippen LogP contribution in [0.1, 0.15) is 37.5 Å². The highest BCUT2D eigenvalue weighted by atomic mass is 32.2. The number of nitrogens with one attached hydrogen (secondary N) is 1. The molecule has 2 aromatic carbocycles. The van der Waals surface area contributed by atoms with Crippen molar-refractivity contribution in [1.82, 2.24) is 9.71 Å². The maximum absolute atomic E-state index is 5.32. The van der Waals surface area contributed by atoms with Gasteiger partial charge in [0.1, 0.15) is 17.3 Å². The summed E-state index contributed by atoms with van der Waals surface area (Å²) < 4.78 is 14.1. The summed E-state index contributed by atoms with van der Waals surface area (Å²) in [6.45, 7) is 12.2. The van der Waals surface area contributed by atoms with E-state index in [1.54, 1.807) is 26.2 Å². The van der Waals surface area contributed by atoms with Crippen molar-refractivity contribution in [2.24, 2.45) is 0 Å². The quantitative estimate of drug-likeness (QED) is 0.355. The zero-order valence-electron chi connectivity index (χ0n) is 20.1. The summed E-state index contributed by atoms with van der Waals surface area (Å²) in [6, 6.07) is 20.3. The van der Waals surface area contributed by atoms with Gasteiger partial charge < -0.3 is 19.1 Å². The standard InChI is InChI=1S/C27H33N3O2S/c1-20(29-33-27(2,3)4)25-8-7-17-28-26(25)30(18-21-9-13-23(31-5)14-10-21)19-22-11-15-24(32-6)16-12-22/h7-17,29H,1,18-19H2,2-6H3. The number of pyridine rings is 1. The number of methoxy groups -OCH3 is 2. The van der Waals surface area contributed by atoms with E-state index in [0.717, 1.165) is 28.6 Å².